The predicted octanol–water partition coefficient (Wildman–Crippen LogP) is 0.429. The van der Waals surface area contributed by atoms with E-state index in [-0.39, 0.29) is 0 Å². The van der Waals surface area contributed by atoms with Gasteiger partial charge in [0.05, 0.1) is 0 Å². The van der Waals surface area contributed by atoms with Crippen molar-refractivity contribution in [1.29, 1.82) is 0 Å². The third kappa shape index (κ3) is 0.867. The molecule has 0 bridgehead atoms. The average molecular weight is 140 g/mol. The lowest BCUT2D eigenvalue weighted by Crippen LogP contribution is -2.29. The molecule has 0 aromatic carbocycles. The van der Waals surface area contributed by atoms with Gasteiger partial charge in [-0.25, -0.2) is 0 Å². The molecule has 2 saturated heterocycles. The van der Waals surface area contributed by atoms with E-state index < -0.39 is 0 Å². The highest BCUT2D eigenvalue weighted by atomic mass is 15.2. The number of fused-ring (bicyclic) bond motifs is 1. The van der Waals surface area contributed by atoms with Crippen LogP contribution >= 0.6 is 0 Å². The molecule has 0 saturated carbocycles. The zero-order valence-electron chi connectivity index (χ0n) is 6.42. The summed E-state index contributed by atoms with van der Waals surface area (Å²) in [5.74, 6) is 0.822. The van der Waals surface area contributed by atoms with Gasteiger partial charge in [-0.2, -0.15) is 0 Å². The molecule has 2 nitrogen and oxygen atoms in total. The summed E-state index contributed by atoms with van der Waals surface area (Å²) in [5.41, 5.74) is 5.66. The van der Waals surface area contributed by atoms with Gasteiger partial charge in [-0.1, -0.05) is 0 Å². The summed E-state index contributed by atoms with van der Waals surface area (Å²) >= 11 is 0. The molecule has 0 radical (unpaired) electrons. The molecule has 10 heavy (non-hydrogen) atoms. The van der Waals surface area contributed by atoms with Gasteiger partial charge in [-0.3, -0.25) is 0 Å². The smallest absolute Gasteiger partial charge is 0.0136 e. The summed E-state index contributed by atoms with van der Waals surface area (Å²) in [6.07, 6.45) is 4.16. The van der Waals surface area contributed by atoms with Gasteiger partial charge in [0.1, 0.15) is 0 Å². The lowest BCUT2D eigenvalue weighted by molar-refractivity contribution is 0.293. The van der Waals surface area contributed by atoms with E-state index in [1.54, 1.807) is 0 Å². The van der Waals surface area contributed by atoms with Crippen molar-refractivity contribution in [2.75, 3.05) is 19.6 Å². The van der Waals surface area contributed by atoms with E-state index in [1.165, 1.54) is 32.4 Å². The molecule has 2 aliphatic heterocycles. The maximum Gasteiger partial charge on any atom is 0.0136 e. The number of nitrogens with zero attached hydrogens (tertiary/aromatic N) is 1. The van der Waals surface area contributed by atoms with Crippen LogP contribution in [-0.4, -0.2) is 30.6 Å². The Morgan fingerprint density at radius 2 is 2.20 bits per heavy atom. The molecule has 2 fully saturated rings. The Hall–Kier alpha value is -0.0800. The van der Waals surface area contributed by atoms with Crippen molar-refractivity contribution in [3.05, 3.63) is 0 Å². The van der Waals surface area contributed by atoms with Crippen LogP contribution in [0.1, 0.15) is 19.3 Å². The van der Waals surface area contributed by atoms with Gasteiger partial charge >= 0.3 is 0 Å². The zero-order valence-corrected chi connectivity index (χ0v) is 6.42. The van der Waals surface area contributed by atoms with Crippen LogP contribution in [0.4, 0.5) is 0 Å². The largest absolute Gasteiger partial charge is 0.330 e. The molecule has 2 heterocycles. The van der Waals surface area contributed by atoms with Crippen molar-refractivity contribution in [3.63, 3.8) is 0 Å². The third-order valence-corrected chi connectivity index (χ3v) is 3.05. The Balaban J connectivity index is 2.01. The number of rotatable bonds is 1. The van der Waals surface area contributed by atoms with Crippen molar-refractivity contribution in [3.8, 4) is 0 Å². The lowest BCUT2D eigenvalue weighted by atomic mass is 9.99. The van der Waals surface area contributed by atoms with E-state index in [1.807, 2.05) is 0 Å². The van der Waals surface area contributed by atoms with Gasteiger partial charge in [0.15, 0.2) is 0 Å². The SMILES string of the molecule is NC[C@@H]1CCN2CCC[C@H]12. The average Bonchev–Trinajstić information content (AvgIpc) is 2.44. The summed E-state index contributed by atoms with van der Waals surface area (Å²) in [5, 5.41) is 0. The molecule has 0 aromatic heterocycles. The second kappa shape index (κ2) is 2.51. The minimum Gasteiger partial charge on any atom is -0.330 e. The summed E-state index contributed by atoms with van der Waals surface area (Å²) in [6.45, 7) is 3.55. The van der Waals surface area contributed by atoms with Crippen LogP contribution in [0.2, 0.25) is 0 Å². The number of hydrogen-bond donors (Lipinski definition) is 1. The summed E-state index contributed by atoms with van der Waals surface area (Å²) in [4.78, 5) is 2.61. The Morgan fingerprint density at radius 3 is 3.00 bits per heavy atom. The molecule has 2 heteroatoms. The zero-order chi connectivity index (χ0) is 6.97. The maximum atomic E-state index is 5.66. The van der Waals surface area contributed by atoms with Crippen LogP contribution in [0, 0.1) is 5.92 Å². The van der Waals surface area contributed by atoms with Gasteiger partial charge < -0.3 is 10.6 Å². The molecular formula is C8H16N2. The van der Waals surface area contributed by atoms with Crippen molar-refractivity contribution in [2.24, 2.45) is 11.7 Å². The van der Waals surface area contributed by atoms with E-state index in [0.717, 1.165) is 18.5 Å². The second-order valence-electron chi connectivity index (χ2n) is 3.53. The lowest BCUT2D eigenvalue weighted by Gasteiger charge is -2.18. The molecule has 2 rings (SSSR count). The Kier molecular flexibility index (Phi) is 1.66. The van der Waals surface area contributed by atoms with E-state index >= 15 is 0 Å². The third-order valence-electron chi connectivity index (χ3n) is 3.05. The number of nitrogens with two attached hydrogens (primary N) is 1. The van der Waals surface area contributed by atoms with Crippen LogP contribution in [0.25, 0.3) is 0 Å². The molecule has 0 spiro atoms. The molecular weight excluding hydrogens is 124 g/mol. The summed E-state index contributed by atoms with van der Waals surface area (Å²) < 4.78 is 0. The van der Waals surface area contributed by atoms with Crippen molar-refractivity contribution >= 4 is 0 Å². The first-order valence-electron chi connectivity index (χ1n) is 4.36. The standard InChI is InChI=1S/C8H16N2/c9-6-7-3-5-10-4-1-2-8(7)10/h7-8H,1-6,9H2/t7-,8+/m0/s1. The normalized spacial score (nSPS) is 40.5. The van der Waals surface area contributed by atoms with E-state index in [4.69, 9.17) is 5.73 Å². The highest BCUT2D eigenvalue weighted by Gasteiger charge is 2.35. The Morgan fingerprint density at radius 1 is 1.30 bits per heavy atom. The van der Waals surface area contributed by atoms with Crippen molar-refractivity contribution < 1.29 is 0 Å². The summed E-state index contributed by atoms with van der Waals surface area (Å²) in [6, 6.07) is 0.866. The molecule has 2 N–H and O–H groups in total. The van der Waals surface area contributed by atoms with Crippen LogP contribution < -0.4 is 5.73 Å². The van der Waals surface area contributed by atoms with Crippen molar-refractivity contribution in [2.45, 2.75) is 25.3 Å². The first-order chi connectivity index (χ1) is 4.92. The highest BCUT2D eigenvalue weighted by molar-refractivity contribution is 4.91. The van der Waals surface area contributed by atoms with Gasteiger partial charge in [0.2, 0.25) is 0 Å². The summed E-state index contributed by atoms with van der Waals surface area (Å²) in [7, 11) is 0. The van der Waals surface area contributed by atoms with Gasteiger partial charge in [-0.05, 0) is 44.8 Å². The molecule has 2 atom stereocenters. The molecule has 58 valence electrons. The fourth-order valence-electron chi connectivity index (χ4n) is 2.46. The predicted molar refractivity (Wildman–Crippen MR) is 41.8 cm³/mol. The molecule has 0 amide bonds. The first-order valence-corrected chi connectivity index (χ1v) is 4.36. The van der Waals surface area contributed by atoms with E-state index in [9.17, 15) is 0 Å². The topological polar surface area (TPSA) is 29.3 Å². The first kappa shape index (κ1) is 6.62. The highest BCUT2D eigenvalue weighted by Crippen LogP contribution is 2.31. The molecule has 2 aliphatic rings. The molecule has 0 aromatic rings. The van der Waals surface area contributed by atoms with Gasteiger partial charge in [-0.15, -0.1) is 0 Å². The van der Waals surface area contributed by atoms with Gasteiger partial charge in [0.25, 0.3) is 0 Å². The monoisotopic (exact) mass is 140 g/mol. The van der Waals surface area contributed by atoms with Crippen LogP contribution in [-0.2, 0) is 0 Å². The van der Waals surface area contributed by atoms with E-state index in [2.05, 4.69) is 4.90 Å². The minimum absolute atomic E-state index is 0.822. The Bertz CT molecular complexity index is 124. The maximum absolute atomic E-state index is 5.66. The van der Waals surface area contributed by atoms with Crippen molar-refractivity contribution in [1.82, 2.24) is 4.90 Å². The fourth-order valence-corrected chi connectivity index (χ4v) is 2.46. The van der Waals surface area contributed by atoms with Crippen LogP contribution in [0.15, 0.2) is 0 Å². The van der Waals surface area contributed by atoms with Crippen LogP contribution in [0.5, 0.6) is 0 Å². The number of hydrogen-bond acceptors (Lipinski definition) is 2. The molecule has 0 unspecified atom stereocenters. The fraction of sp³-hybridized carbons (Fsp3) is 1.00. The minimum atomic E-state index is 0.822. The second-order valence-corrected chi connectivity index (χ2v) is 3.53. The Labute approximate surface area is 62.4 Å². The molecule has 0 aliphatic carbocycles. The van der Waals surface area contributed by atoms with E-state index in [0.29, 0.717) is 0 Å². The van der Waals surface area contributed by atoms with Gasteiger partial charge in [0, 0.05) is 6.04 Å². The quantitative estimate of drug-likeness (QED) is 0.572. The van der Waals surface area contributed by atoms with Crippen LogP contribution in [0.3, 0.4) is 0 Å².